The average Bonchev–Trinajstić information content (AvgIpc) is 2.95. The van der Waals surface area contributed by atoms with Crippen LogP contribution in [0.5, 0.6) is 0 Å². The van der Waals surface area contributed by atoms with Crippen LogP contribution in [0, 0.1) is 6.92 Å². The van der Waals surface area contributed by atoms with E-state index in [2.05, 4.69) is 20.3 Å². The Balaban J connectivity index is 2.09. The van der Waals surface area contributed by atoms with Crippen LogP contribution in [0.15, 0.2) is 17.5 Å². The van der Waals surface area contributed by atoms with Crippen LogP contribution in [0.25, 0.3) is 17.2 Å². The van der Waals surface area contributed by atoms with Gasteiger partial charge in [0.25, 0.3) is 0 Å². The summed E-state index contributed by atoms with van der Waals surface area (Å²) in [6.45, 7) is 2.54. The topological polar surface area (TPSA) is 82.0 Å². The normalized spacial score (nSPS) is 11.2. The number of hydrogen-bond donors (Lipinski definition) is 1. The molecule has 3 heterocycles. The zero-order valence-electron chi connectivity index (χ0n) is 9.87. The summed E-state index contributed by atoms with van der Waals surface area (Å²) in [7, 11) is 0. The molecular formula is C11H12N6S. The van der Waals surface area contributed by atoms with Gasteiger partial charge in [0.15, 0.2) is 5.65 Å². The van der Waals surface area contributed by atoms with Crippen molar-refractivity contribution in [3.05, 3.63) is 28.2 Å². The van der Waals surface area contributed by atoms with E-state index in [0.29, 0.717) is 12.4 Å². The van der Waals surface area contributed by atoms with Crippen molar-refractivity contribution in [2.45, 2.75) is 13.3 Å². The van der Waals surface area contributed by atoms with E-state index < -0.39 is 0 Å². The maximum absolute atomic E-state index is 5.52. The van der Waals surface area contributed by atoms with Crippen LogP contribution in [-0.2, 0) is 6.42 Å². The predicted octanol–water partition coefficient (Wildman–Crippen LogP) is 1.06. The van der Waals surface area contributed by atoms with Crippen LogP contribution in [0.2, 0.25) is 0 Å². The quantitative estimate of drug-likeness (QED) is 0.761. The number of hydrogen-bond acceptors (Lipinski definition) is 6. The van der Waals surface area contributed by atoms with E-state index in [-0.39, 0.29) is 0 Å². The molecule has 18 heavy (non-hydrogen) atoms. The van der Waals surface area contributed by atoms with Gasteiger partial charge in [-0.15, -0.1) is 21.5 Å². The highest BCUT2D eigenvalue weighted by Crippen LogP contribution is 2.20. The fourth-order valence-electron chi connectivity index (χ4n) is 1.69. The minimum absolute atomic E-state index is 0.602. The molecule has 0 amide bonds. The number of rotatable bonds is 3. The molecule has 0 fully saturated rings. The molecular weight excluding hydrogens is 248 g/mol. The lowest BCUT2D eigenvalue weighted by atomic mass is 10.4. The summed E-state index contributed by atoms with van der Waals surface area (Å²) in [5.41, 5.74) is 7.96. The molecule has 6 nitrogen and oxygen atoms in total. The molecule has 7 heteroatoms. The Kier molecular flexibility index (Phi) is 2.77. The largest absolute Gasteiger partial charge is 0.330 e. The Labute approximate surface area is 107 Å². The van der Waals surface area contributed by atoms with Gasteiger partial charge in [0.2, 0.25) is 5.82 Å². The van der Waals surface area contributed by atoms with Crippen molar-refractivity contribution in [1.29, 1.82) is 0 Å². The first-order valence-corrected chi connectivity index (χ1v) is 6.50. The van der Waals surface area contributed by atoms with Crippen molar-refractivity contribution in [2.75, 3.05) is 6.54 Å². The third kappa shape index (κ3) is 1.87. The van der Waals surface area contributed by atoms with Gasteiger partial charge in [-0.1, -0.05) is 0 Å². The average molecular weight is 260 g/mol. The second kappa shape index (κ2) is 4.43. The number of aryl methyl sites for hydroxylation is 1. The zero-order chi connectivity index (χ0) is 12.5. The summed E-state index contributed by atoms with van der Waals surface area (Å²) >= 11 is 1.59. The smallest absolute Gasteiger partial charge is 0.204 e. The maximum Gasteiger partial charge on any atom is 0.204 e. The molecule has 3 rings (SSSR count). The minimum Gasteiger partial charge on any atom is -0.330 e. The van der Waals surface area contributed by atoms with E-state index >= 15 is 0 Å². The highest BCUT2D eigenvalue weighted by atomic mass is 32.1. The lowest BCUT2D eigenvalue weighted by Gasteiger charge is -1.96. The Bertz CT molecular complexity index is 686. The lowest BCUT2D eigenvalue weighted by Crippen LogP contribution is -2.02. The van der Waals surface area contributed by atoms with E-state index in [0.717, 1.165) is 28.5 Å². The second-order valence-electron chi connectivity index (χ2n) is 3.93. The SMILES string of the molecule is Cc1ccc2nnc(-c3csc(CCN)n3)n2n1. The summed E-state index contributed by atoms with van der Waals surface area (Å²) in [6, 6.07) is 3.81. The van der Waals surface area contributed by atoms with E-state index in [1.807, 2.05) is 24.4 Å². The fraction of sp³-hybridized carbons (Fsp3) is 0.273. The predicted molar refractivity (Wildman–Crippen MR) is 69.4 cm³/mol. The van der Waals surface area contributed by atoms with Crippen LogP contribution in [0.3, 0.4) is 0 Å². The van der Waals surface area contributed by atoms with E-state index in [4.69, 9.17) is 5.73 Å². The first-order valence-electron chi connectivity index (χ1n) is 5.62. The van der Waals surface area contributed by atoms with Crippen LogP contribution < -0.4 is 5.73 Å². The van der Waals surface area contributed by atoms with Crippen LogP contribution >= 0.6 is 11.3 Å². The number of fused-ring (bicyclic) bond motifs is 1. The van der Waals surface area contributed by atoms with Gasteiger partial charge in [-0.3, -0.25) is 0 Å². The molecule has 0 aromatic carbocycles. The molecule has 0 aliphatic carbocycles. The number of nitrogens with two attached hydrogens (primary N) is 1. The molecule has 0 radical (unpaired) electrons. The van der Waals surface area contributed by atoms with Gasteiger partial charge in [-0.05, 0) is 25.6 Å². The van der Waals surface area contributed by atoms with Crippen LogP contribution in [0.1, 0.15) is 10.7 Å². The van der Waals surface area contributed by atoms with Crippen molar-refractivity contribution in [3.63, 3.8) is 0 Å². The molecule has 0 bridgehead atoms. The molecule has 0 aliphatic rings. The van der Waals surface area contributed by atoms with Crippen LogP contribution in [0.4, 0.5) is 0 Å². The molecule has 2 N–H and O–H groups in total. The maximum atomic E-state index is 5.52. The number of thiazole rings is 1. The number of nitrogens with zero attached hydrogens (tertiary/aromatic N) is 5. The molecule has 0 unspecified atom stereocenters. The van der Waals surface area contributed by atoms with E-state index in [1.165, 1.54) is 0 Å². The van der Waals surface area contributed by atoms with Crippen molar-refractivity contribution in [2.24, 2.45) is 5.73 Å². The van der Waals surface area contributed by atoms with Crippen molar-refractivity contribution >= 4 is 17.0 Å². The summed E-state index contributed by atoms with van der Waals surface area (Å²) in [5.74, 6) is 0.674. The summed E-state index contributed by atoms with van der Waals surface area (Å²) in [4.78, 5) is 4.50. The Morgan fingerprint density at radius 2 is 2.22 bits per heavy atom. The lowest BCUT2D eigenvalue weighted by molar-refractivity contribution is 0.894. The molecule has 0 atom stereocenters. The molecule has 92 valence electrons. The highest BCUT2D eigenvalue weighted by molar-refractivity contribution is 7.09. The Morgan fingerprint density at radius 3 is 3.06 bits per heavy atom. The van der Waals surface area contributed by atoms with Gasteiger partial charge in [-0.25, -0.2) is 4.98 Å². The van der Waals surface area contributed by atoms with Gasteiger partial charge in [-0.2, -0.15) is 9.61 Å². The van der Waals surface area contributed by atoms with Gasteiger partial charge in [0.05, 0.1) is 10.7 Å². The van der Waals surface area contributed by atoms with E-state index in [1.54, 1.807) is 15.9 Å². The monoisotopic (exact) mass is 260 g/mol. The second-order valence-corrected chi connectivity index (χ2v) is 4.88. The first-order chi connectivity index (χ1) is 8.78. The van der Waals surface area contributed by atoms with Gasteiger partial charge in [0, 0.05) is 11.8 Å². The standard InChI is InChI=1S/C11H12N6S/c1-7-2-3-9-14-15-11(17(9)16-7)8-6-18-10(13-8)4-5-12/h2-3,6H,4-5,12H2,1H3. The van der Waals surface area contributed by atoms with Crippen molar-refractivity contribution in [1.82, 2.24) is 24.8 Å². The third-order valence-corrected chi connectivity index (χ3v) is 3.44. The molecule has 0 aliphatic heterocycles. The van der Waals surface area contributed by atoms with Crippen molar-refractivity contribution < 1.29 is 0 Å². The molecule has 3 aromatic heterocycles. The van der Waals surface area contributed by atoms with Crippen molar-refractivity contribution in [3.8, 4) is 11.5 Å². The van der Waals surface area contributed by atoms with Gasteiger partial charge in [0.1, 0.15) is 5.69 Å². The van der Waals surface area contributed by atoms with Gasteiger partial charge < -0.3 is 5.73 Å². The zero-order valence-corrected chi connectivity index (χ0v) is 10.7. The van der Waals surface area contributed by atoms with Gasteiger partial charge >= 0.3 is 0 Å². The minimum atomic E-state index is 0.602. The highest BCUT2D eigenvalue weighted by Gasteiger charge is 2.12. The summed E-state index contributed by atoms with van der Waals surface area (Å²) < 4.78 is 1.72. The molecule has 0 saturated heterocycles. The third-order valence-electron chi connectivity index (χ3n) is 2.54. The molecule has 0 spiro atoms. The molecule has 0 saturated carbocycles. The number of aromatic nitrogens is 5. The molecule has 3 aromatic rings. The first kappa shape index (κ1) is 11.2. The Hall–Kier alpha value is -1.86. The fourth-order valence-corrected chi connectivity index (χ4v) is 2.48. The summed E-state index contributed by atoms with van der Waals surface area (Å²) in [5, 5.41) is 15.6. The summed E-state index contributed by atoms with van der Waals surface area (Å²) in [6.07, 6.45) is 0.786. The Morgan fingerprint density at radius 1 is 1.33 bits per heavy atom. The van der Waals surface area contributed by atoms with E-state index in [9.17, 15) is 0 Å². The van der Waals surface area contributed by atoms with Crippen LogP contribution in [-0.4, -0.2) is 31.3 Å².